The number of amides is 2. The first-order valence-corrected chi connectivity index (χ1v) is 15.7. The van der Waals surface area contributed by atoms with Gasteiger partial charge < -0.3 is 4.57 Å². The van der Waals surface area contributed by atoms with Crippen LogP contribution < -0.4 is 4.90 Å². The van der Waals surface area contributed by atoms with Crippen molar-refractivity contribution in [1.82, 2.24) is 14.5 Å². The molecule has 0 saturated heterocycles. The number of hydrogen-bond acceptors (Lipinski definition) is 4. The van der Waals surface area contributed by atoms with Crippen molar-refractivity contribution in [3.8, 4) is 39.1 Å². The molecule has 9 rings (SSSR count). The summed E-state index contributed by atoms with van der Waals surface area (Å²) in [6.45, 7) is 0. The number of fused-ring (bicyclic) bond motifs is 4. The smallest absolute Gasteiger partial charge is 0.268 e. The SMILES string of the molecule is O=C1c2cccc(-n3c4c(-c5cccnc5)cccc4c4cccc(-c5cccnc5)c43)c2C(=O)N1c1ccc(-c2ccccc2)cc1. The number of imide groups is 1. The van der Waals surface area contributed by atoms with Crippen molar-refractivity contribution in [2.75, 3.05) is 4.90 Å². The Morgan fingerprint density at radius 3 is 1.56 bits per heavy atom. The lowest BCUT2D eigenvalue weighted by atomic mass is 10.0. The monoisotopic (exact) mass is 618 g/mol. The molecule has 0 spiro atoms. The quantitative estimate of drug-likeness (QED) is 0.180. The molecule has 0 saturated carbocycles. The Hall–Kier alpha value is -6.66. The predicted octanol–water partition coefficient (Wildman–Crippen LogP) is 9.38. The minimum atomic E-state index is -0.356. The van der Waals surface area contributed by atoms with Crippen LogP contribution in [0.5, 0.6) is 0 Å². The summed E-state index contributed by atoms with van der Waals surface area (Å²) in [7, 11) is 0. The highest BCUT2D eigenvalue weighted by molar-refractivity contribution is 6.36. The van der Waals surface area contributed by atoms with Crippen LogP contribution in [0.1, 0.15) is 20.7 Å². The van der Waals surface area contributed by atoms with Crippen LogP contribution in [0, 0.1) is 0 Å². The lowest BCUT2D eigenvalue weighted by Gasteiger charge is -2.17. The van der Waals surface area contributed by atoms with Gasteiger partial charge in [0.15, 0.2) is 0 Å². The van der Waals surface area contributed by atoms with E-state index in [1.807, 2.05) is 103 Å². The summed E-state index contributed by atoms with van der Waals surface area (Å²) in [4.78, 5) is 38.7. The number of carbonyl (C=O) groups is 2. The number of nitrogens with zero attached hydrogens (tertiary/aromatic N) is 4. The molecule has 0 bridgehead atoms. The fourth-order valence-electron chi connectivity index (χ4n) is 6.99. The molecule has 0 radical (unpaired) electrons. The van der Waals surface area contributed by atoms with Crippen molar-refractivity contribution in [1.29, 1.82) is 0 Å². The molecule has 0 unspecified atom stereocenters. The highest BCUT2D eigenvalue weighted by Crippen LogP contribution is 2.43. The van der Waals surface area contributed by atoms with Gasteiger partial charge in [0.2, 0.25) is 0 Å². The minimum Gasteiger partial charge on any atom is -0.307 e. The number of hydrogen-bond donors (Lipinski definition) is 0. The Labute approximate surface area is 276 Å². The first kappa shape index (κ1) is 27.6. The second-order valence-corrected chi connectivity index (χ2v) is 11.8. The molecular weight excluding hydrogens is 592 g/mol. The molecule has 1 aliphatic heterocycles. The topological polar surface area (TPSA) is 68.1 Å². The summed E-state index contributed by atoms with van der Waals surface area (Å²) in [5.41, 5.74) is 9.67. The first-order valence-electron chi connectivity index (χ1n) is 15.7. The summed E-state index contributed by atoms with van der Waals surface area (Å²) >= 11 is 0. The van der Waals surface area contributed by atoms with Gasteiger partial charge in [0.05, 0.1) is 33.5 Å². The van der Waals surface area contributed by atoms with E-state index in [-0.39, 0.29) is 11.8 Å². The Morgan fingerprint density at radius 1 is 0.438 bits per heavy atom. The normalized spacial score (nSPS) is 12.6. The number of benzene rings is 5. The van der Waals surface area contributed by atoms with Gasteiger partial charge in [-0.15, -0.1) is 0 Å². The molecule has 6 nitrogen and oxygen atoms in total. The predicted molar refractivity (Wildman–Crippen MR) is 190 cm³/mol. The summed E-state index contributed by atoms with van der Waals surface area (Å²) in [5.74, 6) is -0.698. The molecular formula is C42H26N4O2. The van der Waals surface area contributed by atoms with E-state index in [0.29, 0.717) is 22.5 Å². The zero-order valence-corrected chi connectivity index (χ0v) is 25.6. The van der Waals surface area contributed by atoms with E-state index in [9.17, 15) is 9.59 Å². The molecule has 4 heterocycles. The van der Waals surface area contributed by atoms with Crippen LogP contribution in [0.25, 0.3) is 60.9 Å². The largest absolute Gasteiger partial charge is 0.307 e. The lowest BCUT2D eigenvalue weighted by Crippen LogP contribution is -2.29. The Morgan fingerprint density at radius 2 is 0.979 bits per heavy atom. The Kier molecular flexibility index (Phi) is 6.33. The van der Waals surface area contributed by atoms with Gasteiger partial charge in [-0.05, 0) is 47.5 Å². The lowest BCUT2D eigenvalue weighted by molar-refractivity contribution is 0.0926. The van der Waals surface area contributed by atoms with E-state index in [1.165, 1.54) is 4.90 Å². The van der Waals surface area contributed by atoms with E-state index < -0.39 is 0 Å². The molecule has 8 aromatic rings. The van der Waals surface area contributed by atoms with E-state index in [0.717, 1.165) is 55.2 Å². The van der Waals surface area contributed by atoms with Crippen LogP contribution in [0.15, 0.2) is 158 Å². The molecule has 0 fully saturated rings. The first-order chi connectivity index (χ1) is 23.7. The number of anilines is 1. The van der Waals surface area contributed by atoms with Crippen molar-refractivity contribution >= 4 is 39.3 Å². The summed E-state index contributed by atoms with van der Waals surface area (Å²) in [6.07, 6.45) is 7.22. The molecule has 1 aliphatic rings. The van der Waals surface area contributed by atoms with Crippen molar-refractivity contribution in [2.45, 2.75) is 0 Å². The summed E-state index contributed by atoms with van der Waals surface area (Å²) in [6, 6.07) is 43.5. The zero-order valence-electron chi connectivity index (χ0n) is 25.6. The molecule has 3 aromatic heterocycles. The van der Waals surface area contributed by atoms with E-state index in [2.05, 4.69) is 50.9 Å². The van der Waals surface area contributed by atoms with E-state index >= 15 is 0 Å². The van der Waals surface area contributed by atoms with Crippen molar-refractivity contribution in [2.24, 2.45) is 0 Å². The van der Waals surface area contributed by atoms with Gasteiger partial charge in [-0.3, -0.25) is 19.6 Å². The number of aromatic nitrogens is 3. The highest BCUT2D eigenvalue weighted by atomic mass is 16.2. The van der Waals surface area contributed by atoms with Crippen molar-refractivity contribution in [3.63, 3.8) is 0 Å². The van der Waals surface area contributed by atoms with E-state index in [1.54, 1.807) is 18.5 Å². The van der Waals surface area contributed by atoms with Gasteiger partial charge in [-0.25, -0.2) is 4.90 Å². The standard InChI is InChI=1S/C42H26N4O2/c47-41-36-17-6-18-37(38(36)42(48)45(41)31-21-19-28(20-22-31)27-9-2-1-3-10-27)46-39-32(29-11-7-23-43-25-29)13-4-15-34(39)35-16-5-14-33(40(35)46)30-12-8-24-44-26-30/h1-26H. The van der Waals surface area contributed by atoms with Crippen LogP contribution in [-0.2, 0) is 0 Å². The summed E-state index contributed by atoms with van der Waals surface area (Å²) in [5, 5.41) is 2.06. The Balaban J connectivity index is 1.30. The van der Waals surface area contributed by atoms with Gasteiger partial charge in [-0.1, -0.05) is 97.1 Å². The third-order valence-electron chi connectivity index (χ3n) is 9.12. The van der Waals surface area contributed by atoms with Crippen molar-refractivity contribution < 1.29 is 9.59 Å². The van der Waals surface area contributed by atoms with Gasteiger partial charge in [0, 0.05) is 57.8 Å². The summed E-state index contributed by atoms with van der Waals surface area (Å²) < 4.78 is 2.15. The molecule has 6 heteroatoms. The maximum absolute atomic E-state index is 14.5. The molecule has 0 atom stereocenters. The number of para-hydroxylation sites is 2. The van der Waals surface area contributed by atoms with Gasteiger partial charge in [-0.2, -0.15) is 0 Å². The molecule has 0 N–H and O–H groups in total. The number of rotatable bonds is 5. The van der Waals surface area contributed by atoms with Crippen molar-refractivity contribution in [3.05, 3.63) is 169 Å². The van der Waals surface area contributed by atoms with E-state index in [4.69, 9.17) is 0 Å². The second-order valence-electron chi connectivity index (χ2n) is 11.8. The molecule has 0 aliphatic carbocycles. The molecule has 48 heavy (non-hydrogen) atoms. The minimum absolute atomic E-state index is 0.343. The fourth-order valence-corrected chi connectivity index (χ4v) is 6.99. The molecule has 2 amide bonds. The van der Waals surface area contributed by atoms with Crippen LogP contribution in [0.2, 0.25) is 0 Å². The van der Waals surface area contributed by atoms with Crippen LogP contribution in [-0.4, -0.2) is 26.3 Å². The van der Waals surface area contributed by atoms with Gasteiger partial charge in [0.1, 0.15) is 0 Å². The molecule has 226 valence electrons. The second kappa shape index (κ2) is 11.0. The van der Waals surface area contributed by atoms with Crippen LogP contribution in [0.3, 0.4) is 0 Å². The Bertz CT molecular complexity index is 2430. The maximum Gasteiger partial charge on any atom is 0.268 e. The average molecular weight is 619 g/mol. The third kappa shape index (κ3) is 4.20. The van der Waals surface area contributed by atoms with Crippen LogP contribution >= 0.6 is 0 Å². The molecule has 5 aromatic carbocycles. The average Bonchev–Trinajstić information content (AvgIpc) is 3.63. The van der Waals surface area contributed by atoms with Crippen LogP contribution in [0.4, 0.5) is 5.69 Å². The maximum atomic E-state index is 14.5. The zero-order chi connectivity index (χ0) is 32.2. The fraction of sp³-hybridized carbons (Fsp3) is 0. The van der Waals surface area contributed by atoms with Gasteiger partial charge in [0.25, 0.3) is 11.8 Å². The van der Waals surface area contributed by atoms with Gasteiger partial charge >= 0.3 is 0 Å². The number of carbonyl (C=O) groups excluding carboxylic acids is 2. The number of pyridine rings is 2. The third-order valence-corrected chi connectivity index (χ3v) is 9.12. The highest BCUT2D eigenvalue weighted by Gasteiger charge is 2.39.